The van der Waals surface area contributed by atoms with Gasteiger partial charge in [0.05, 0.1) is 4.92 Å². The molecule has 2 unspecified atom stereocenters. The smallest absolute Gasteiger partial charge is 0.287 e. The fourth-order valence-corrected chi connectivity index (χ4v) is 3.88. The van der Waals surface area contributed by atoms with Crippen LogP contribution in [0.4, 0.5) is 11.5 Å². The Morgan fingerprint density at radius 3 is 2.68 bits per heavy atom. The van der Waals surface area contributed by atoms with Crippen molar-refractivity contribution in [3.05, 3.63) is 28.4 Å². The van der Waals surface area contributed by atoms with Crippen molar-refractivity contribution < 1.29 is 9.72 Å². The molecule has 10 heteroatoms. The van der Waals surface area contributed by atoms with Gasteiger partial charge in [-0.3, -0.25) is 14.9 Å². The molecule has 28 heavy (non-hydrogen) atoms. The standard InChI is InChI=1S/C18H27N5O3.2ClH/c1-13(14-4-7-19-8-5-14)10-18(24)22-9-6-15(12-22)21-17-3-2-16(11-20-17)23(25)26;;/h2-3,11,13-15,19H,4-10,12H2,1H3,(H,20,21);2*1H. The molecular weight excluding hydrogens is 405 g/mol. The van der Waals surface area contributed by atoms with Crippen LogP contribution >= 0.6 is 24.8 Å². The van der Waals surface area contributed by atoms with Gasteiger partial charge in [0, 0.05) is 31.6 Å². The molecule has 2 aliphatic rings. The minimum absolute atomic E-state index is 0. The summed E-state index contributed by atoms with van der Waals surface area (Å²) in [4.78, 5) is 28.8. The summed E-state index contributed by atoms with van der Waals surface area (Å²) < 4.78 is 0. The van der Waals surface area contributed by atoms with Crippen LogP contribution in [0.5, 0.6) is 0 Å². The van der Waals surface area contributed by atoms with E-state index >= 15 is 0 Å². The quantitative estimate of drug-likeness (QED) is 0.528. The third-order valence-corrected chi connectivity index (χ3v) is 5.54. The van der Waals surface area contributed by atoms with Crippen LogP contribution in [0.2, 0.25) is 0 Å². The lowest BCUT2D eigenvalue weighted by Gasteiger charge is -2.29. The van der Waals surface area contributed by atoms with Crippen LogP contribution in [0.25, 0.3) is 0 Å². The number of rotatable bonds is 6. The highest BCUT2D eigenvalue weighted by Crippen LogP contribution is 2.26. The molecule has 0 spiro atoms. The normalized spacial score (nSPS) is 20.6. The van der Waals surface area contributed by atoms with Gasteiger partial charge in [-0.25, -0.2) is 4.98 Å². The van der Waals surface area contributed by atoms with Crippen molar-refractivity contribution in [2.75, 3.05) is 31.5 Å². The summed E-state index contributed by atoms with van der Waals surface area (Å²) in [5.41, 5.74) is -0.0225. The highest BCUT2D eigenvalue weighted by molar-refractivity contribution is 5.85. The van der Waals surface area contributed by atoms with Crippen LogP contribution in [0.3, 0.4) is 0 Å². The predicted octanol–water partition coefficient (Wildman–Crippen LogP) is 2.87. The van der Waals surface area contributed by atoms with Gasteiger partial charge in [0.2, 0.25) is 5.91 Å². The van der Waals surface area contributed by atoms with Crippen molar-refractivity contribution in [3.63, 3.8) is 0 Å². The number of hydrogen-bond acceptors (Lipinski definition) is 6. The molecule has 2 atom stereocenters. The Balaban J connectivity index is 0.00000196. The van der Waals surface area contributed by atoms with Crippen molar-refractivity contribution in [3.8, 4) is 0 Å². The number of pyridine rings is 1. The number of carbonyl (C=O) groups is 1. The fourth-order valence-electron chi connectivity index (χ4n) is 3.88. The van der Waals surface area contributed by atoms with Gasteiger partial charge in [-0.15, -0.1) is 24.8 Å². The second-order valence-electron chi connectivity index (χ2n) is 7.40. The van der Waals surface area contributed by atoms with Gasteiger partial charge in [-0.2, -0.15) is 0 Å². The Morgan fingerprint density at radius 2 is 2.07 bits per heavy atom. The molecular formula is C18H29Cl2N5O3. The molecule has 8 nitrogen and oxygen atoms in total. The summed E-state index contributed by atoms with van der Waals surface area (Å²) in [6.45, 7) is 5.72. The van der Waals surface area contributed by atoms with Gasteiger partial charge in [-0.05, 0) is 50.3 Å². The number of amides is 1. The van der Waals surface area contributed by atoms with Crippen LogP contribution < -0.4 is 10.6 Å². The molecule has 0 radical (unpaired) electrons. The third kappa shape index (κ3) is 6.46. The van der Waals surface area contributed by atoms with Crippen molar-refractivity contribution in [2.24, 2.45) is 11.8 Å². The average molecular weight is 434 g/mol. The lowest BCUT2D eigenvalue weighted by molar-refractivity contribution is -0.385. The molecule has 3 heterocycles. The maximum atomic E-state index is 12.6. The van der Waals surface area contributed by atoms with Crippen LogP contribution in [-0.2, 0) is 4.79 Å². The van der Waals surface area contributed by atoms with Crippen molar-refractivity contribution in [1.29, 1.82) is 0 Å². The van der Waals surface area contributed by atoms with E-state index in [4.69, 9.17) is 0 Å². The molecule has 0 bridgehead atoms. The first kappa shape index (κ1) is 24.4. The first-order chi connectivity index (χ1) is 12.5. The number of carbonyl (C=O) groups excluding carboxylic acids is 1. The highest BCUT2D eigenvalue weighted by Gasteiger charge is 2.29. The minimum atomic E-state index is -0.462. The van der Waals surface area contributed by atoms with Gasteiger partial charge in [0.1, 0.15) is 12.0 Å². The van der Waals surface area contributed by atoms with Gasteiger partial charge >= 0.3 is 0 Å². The van der Waals surface area contributed by atoms with Gasteiger partial charge in [0.25, 0.3) is 5.69 Å². The lowest BCUT2D eigenvalue weighted by atomic mass is 9.84. The van der Waals surface area contributed by atoms with Gasteiger partial charge in [-0.1, -0.05) is 6.92 Å². The van der Waals surface area contributed by atoms with Crippen molar-refractivity contribution in [1.82, 2.24) is 15.2 Å². The summed E-state index contributed by atoms with van der Waals surface area (Å²) in [5.74, 6) is 1.91. The molecule has 1 aromatic heterocycles. The average Bonchev–Trinajstić information content (AvgIpc) is 3.11. The Kier molecular flexibility index (Phi) is 9.92. The number of nitrogens with one attached hydrogen (secondary N) is 2. The number of nitro groups is 1. The van der Waals surface area contributed by atoms with E-state index < -0.39 is 4.92 Å². The zero-order chi connectivity index (χ0) is 18.5. The summed E-state index contributed by atoms with van der Waals surface area (Å²) >= 11 is 0. The Morgan fingerprint density at radius 1 is 1.36 bits per heavy atom. The SMILES string of the molecule is CC(CC(=O)N1CCC(Nc2ccc([N+](=O)[O-])cn2)C1)C1CCNCC1.Cl.Cl. The van der Waals surface area contributed by atoms with E-state index in [0.29, 0.717) is 30.6 Å². The lowest BCUT2D eigenvalue weighted by Crippen LogP contribution is -2.35. The Hall–Kier alpha value is -1.64. The number of aromatic nitrogens is 1. The van der Waals surface area contributed by atoms with E-state index in [2.05, 4.69) is 22.5 Å². The maximum absolute atomic E-state index is 12.6. The highest BCUT2D eigenvalue weighted by atomic mass is 35.5. The number of piperidine rings is 1. The van der Waals surface area contributed by atoms with Crippen molar-refractivity contribution >= 4 is 42.2 Å². The first-order valence-electron chi connectivity index (χ1n) is 9.38. The van der Waals surface area contributed by atoms with E-state index in [1.54, 1.807) is 6.07 Å². The number of hydrogen-bond donors (Lipinski definition) is 2. The molecule has 2 saturated heterocycles. The summed E-state index contributed by atoms with van der Waals surface area (Å²) in [6.07, 6.45) is 5.05. The number of nitrogens with zero attached hydrogens (tertiary/aromatic N) is 3. The first-order valence-corrected chi connectivity index (χ1v) is 9.38. The molecule has 0 saturated carbocycles. The topological polar surface area (TPSA) is 100 Å². The van der Waals surface area contributed by atoms with Gasteiger partial charge in [0.15, 0.2) is 0 Å². The van der Waals surface area contributed by atoms with Crippen LogP contribution in [-0.4, -0.2) is 52.9 Å². The molecule has 1 amide bonds. The largest absolute Gasteiger partial charge is 0.365 e. The number of likely N-dealkylation sites (tertiary alicyclic amines) is 1. The van der Waals surface area contributed by atoms with Crippen LogP contribution in [0.1, 0.15) is 32.6 Å². The van der Waals surface area contributed by atoms with Crippen molar-refractivity contribution in [2.45, 2.75) is 38.6 Å². The minimum Gasteiger partial charge on any atom is -0.365 e. The molecule has 2 fully saturated rings. The van der Waals surface area contributed by atoms with E-state index in [-0.39, 0.29) is 42.5 Å². The maximum Gasteiger partial charge on any atom is 0.287 e. The summed E-state index contributed by atoms with van der Waals surface area (Å²) in [5, 5.41) is 17.3. The second-order valence-corrected chi connectivity index (χ2v) is 7.40. The zero-order valence-electron chi connectivity index (χ0n) is 16.0. The second kappa shape index (κ2) is 11.4. The van der Waals surface area contributed by atoms with Crippen LogP contribution in [0, 0.1) is 22.0 Å². The molecule has 1 aromatic rings. The molecule has 0 aliphatic carbocycles. The van der Waals surface area contributed by atoms with Gasteiger partial charge < -0.3 is 15.5 Å². The van der Waals surface area contributed by atoms with E-state index in [1.807, 2.05) is 4.90 Å². The molecule has 2 aliphatic heterocycles. The zero-order valence-corrected chi connectivity index (χ0v) is 17.6. The summed E-state index contributed by atoms with van der Waals surface area (Å²) in [6, 6.07) is 3.19. The monoisotopic (exact) mass is 433 g/mol. The van der Waals surface area contributed by atoms with E-state index in [1.165, 1.54) is 12.3 Å². The Labute approximate surface area is 177 Å². The summed E-state index contributed by atoms with van der Waals surface area (Å²) in [7, 11) is 0. The number of anilines is 1. The third-order valence-electron chi connectivity index (χ3n) is 5.54. The van der Waals surface area contributed by atoms with Crippen LogP contribution in [0.15, 0.2) is 18.3 Å². The molecule has 3 rings (SSSR count). The van der Waals surface area contributed by atoms with E-state index in [0.717, 1.165) is 38.9 Å². The van der Waals surface area contributed by atoms with E-state index in [9.17, 15) is 14.9 Å². The number of halogens is 2. The molecule has 158 valence electrons. The fraction of sp³-hybridized carbons (Fsp3) is 0.667. The Bertz CT molecular complexity index is 641. The predicted molar refractivity (Wildman–Crippen MR) is 113 cm³/mol. The molecule has 2 N–H and O–H groups in total. The molecule has 0 aromatic carbocycles.